The van der Waals surface area contributed by atoms with Crippen LogP contribution in [0.5, 0.6) is 0 Å². The Kier molecular flexibility index (Phi) is 4.06. The van der Waals surface area contributed by atoms with Crippen LogP contribution in [0, 0.1) is 0 Å². The number of hydrogen-bond donors (Lipinski definition) is 2. The van der Waals surface area contributed by atoms with Gasteiger partial charge < -0.3 is 5.32 Å². The lowest BCUT2D eigenvalue weighted by Gasteiger charge is -2.13. The normalized spacial score (nSPS) is 13.1. The molecular formula is C14H16N2O3S. The van der Waals surface area contributed by atoms with E-state index < -0.39 is 16.1 Å². The van der Waals surface area contributed by atoms with Crippen LogP contribution in [-0.2, 0) is 14.8 Å². The summed E-state index contributed by atoms with van der Waals surface area (Å²) >= 11 is 0. The van der Waals surface area contributed by atoms with Gasteiger partial charge in [0.25, 0.3) is 0 Å². The summed E-state index contributed by atoms with van der Waals surface area (Å²) < 4.78 is 26.8. The molecule has 0 aliphatic heterocycles. The van der Waals surface area contributed by atoms with E-state index in [0.717, 1.165) is 10.8 Å². The van der Waals surface area contributed by atoms with Gasteiger partial charge in [-0.2, -0.15) is 4.72 Å². The summed E-state index contributed by atoms with van der Waals surface area (Å²) in [6.07, 6.45) is 0. The Balaban J connectivity index is 2.34. The molecule has 0 aromatic heterocycles. The quantitative estimate of drug-likeness (QED) is 0.890. The first-order valence-electron chi connectivity index (χ1n) is 6.17. The number of sulfonamides is 1. The second-order valence-electron chi connectivity index (χ2n) is 4.47. The molecule has 0 aliphatic rings. The predicted octanol–water partition coefficient (Wildman–Crippen LogP) is 1.25. The van der Waals surface area contributed by atoms with Gasteiger partial charge in [0.05, 0.1) is 10.9 Å². The van der Waals surface area contributed by atoms with E-state index in [-0.39, 0.29) is 10.8 Å². The summed E-state index contributed by atoms with van der Waals surface area (Å²) in [6, 6.07) is 11.5. The molecule has 0 heterocycles. The number of carbonyl (C=O) groups is 1. The van der Waals surface area contributed by atoms with E-state index >= 15 is 0 Å². The minimum absolute atomic E-state index is 0.145. The Morgan fingerprint density at radius 1 is 1.10 bits per heavy atom. The Labute approximate surface area is 118 Å². The lowest BCUT2D eigenvalue weighted by molar-refractivity contribution is -0.121. The van der Waals surface area contributed by atoms with Crippen LogP contribution in [0.1, 0.15) is 6.92 Å². The molecule has 0 saturated heterocycles. The van der Waals surface area contributed by atoms with Gasteiger partial charge in [-0.25, -0.2) is 8.42 Å². The van der Waals surface area contributed by atoms with Gasteiger partial charge in [0.1, 0.15) is 0 Å². The van der Waals surface area contributed by atoms with Crippen molar-refractivity contribution in [3.8, 4) is 0 Å². The van der Waals surface area contributed by atoms with Crippen molar-refractivity contribution in [1.29, 1.82) is 0 Å². The molecule has 0 spiro atoms. The van der Waals surface area contributed by atoms with Crippen molar-refractivity contribution >= 4 is 26.7 Å². The van der Waals surface area contributed by atoms with Gasteiger partial charge in [0, 0.05) is 7.05 Å². The molecule has 6 heteroatoms. The lowest BCUT2D eigenvalue weighted by Crippen LogP contribution is -2.43. The molecule has 0 radical (unpaired) electrons. The van der Waals surface area contributed by atoms with Crippen LogP contribution in [0.2, 0.25) is 0 Å². The molecule has 106 valence electrons. The zero-order valence-electron chi connectivity index (χ0n) is 11.3. The third-order valence-electron chi connectivity index (χ3n) is 3.00. The van der Waals surface area contributed by atoms with Crippen molar-refractivity contribution in [2.45, 2.75) is 17.9 Å². The second kappa shape index (κ2) is 5.60. The first-order chi connectivity index (χ1) is 9.44. The minimum atomic E-state index is -3.72. The average molecular weight is 292 g/mol. The van der Waals surface area contributed by atoms with Crippen LogP contribution >= 0.6 is 0 Å². The molecule has 0 fully saturated rings. The number of likely N-dealkylation sites (N-methyl/N-ethyl adjacent to an activating group) is 1. The van der Waals surface area contributed by atoms with E-state index in [4.69, 9.17) is 0 Å². The van der Waals surface area contributed by atoms with Crippen LogP contribution in [0.15, 0.2) is 47.4 Å². The Hall–Kier alpha value is -1.92. The summed E-state index contributed by atoms with van der Waals surface area (Å²) in [7, 11) is -2.26. The van der Waals surface area contributed by atoms with Crippen molar-refractivity contribution in [1.82, 2.24) is 10.0 Å². The fraction of sp³-hybridized carbons (Fsp3) is 0.214. The van der Waals surface area contributed by atoms with E-state index in [9.17, 15) is 13.2 Å². The molecule has 1 amide bonds. The minimum Gasteiger partial charge on any atom is -0.358 e. The van der Waals surface area contributed by atoms with Crippen molar-refractivity contribution in [2.24, 2.45) is 0 Å². The molecule has 20 heavy (non-hydrogen) atoms. The van der Waals surface area contributed by atoms with Crippen LogP contribution in [0.4, 0.5) is 0 Å². The molecule has 0 saturated carbocycles. The molecule has 1 atom stereocenters. The number of fused-ring (bicyclic) bond motifs is 1. The molecule has 2 aromatic rings. The van der Waals surface area contributed by atoms with Crippen LogP contribution in [0.25, 0.3) is 10.8 Å². The monoisotopic (exact) mass is 292 g/mol. The highest BCUT2D eigenvalue weighted by Crippen LogP contribution is 2.18. The van der Waals surface area contributed by atoms with E-state index in [0.29, 0.717) is 0 Å². The van der Waals surface area contributed by atoms with Gasteiger partial charge in [-0.1, -0.05) is 30.3 Å². The fourth-order valence-corrected chi connectivity index (χ4v) is 3.14. The maximum absolute atomic E-state index is 12.2. The summed E-state index contributed by atoms with van der Waals surface area (Å²) in [5.41, 5.74) is 0. The maximum Gasteiger partial charge on any atom is 0.241 e. The number of hydrogen-bond acceptors (Lipinski definition) is 3. The standard InChI is InChI=1S/C14H16N2O3S/c1-10(14(17)15-2)16-20(18,19)13-8-7-11-5-3-4-6-12(11)9-13/h3-10,16H,1-2H3,(H,15,17)/t10-/m0/s1. The van der Waals surface area contributed by atoms with Crippen molar-refractivity contribution < 1.29 is 13.2 Å². The zero-order valence-corrected chi connectivity index (χ0v) is 12.1. The number of benzene rings is 2. The van der Waals surface area contributed by atoms with Gasteiger partial charge in [0.15, 0.2) is 0 Å². The van der Waals surface area contributed by atoms with E-state index in [1.807, 2.05) is 24.3 Å². The molecule has 2 rings (SSSR count). The topological polar surface area (TPSA) is 75.3 Å². The van der Waals surface area contributed by atoms with Gasteiger partial charge in [0.2, 0.25) is 15.9 Å². The SMILES string of the molecule is CNC(=O)[C@H](C)NS(=O)(=O)c1ccc2ccccc2c1. The highest BCUT2D eigenvalue weighted by molar-refractivity contribution is 7.89. The molecular weight excluding hydrogens is 276 g/mol. The van der Waals surface area contributed by atoms with Crippen molar-refractivity contribution in [3.63, 3.8) is 0 Å². The smallest absolute Gasteiger partial charge is 0.241 e. The first-order valence-corrected chi connectivity index (χ1v) is 7.65. The van der Waals surface area contributed by atoms with Gasteiger partial charge in [-0.3, -0.25) is 4.79 Å². The predicted molar refractivity (Wildman–Crippen MR) is 77.8 cm³/mol. The summed E-state index contributed by atoms with van der Waals surface area (Å²) in [5.74, 6) is -0.380. The Morgan fingerprint density at radius 3 is 2.40 bits per heavy atom. The van der Waals surface area contributed by atoms with E-state index in [2.05, 4.69) is 10.0 Å². The maximum atomic E-state index is 12.2. The number of rotatable bonds is 4. The summed E-state index contributed by atoms with van der Waals surface area (Å²) in [5, 5.41) is 4.20. The lowest BCUT2D eigenvalue weighted by atomic mass is 10.1. The largest absolute Gasteiger partial charge is 0.358 e. The van der Waals surface area contributed by atoms with Crippen LogP contribution in [0.3, 0.4) is 0 Å². The van der Waals surface area contributed by atoms with Gasteiger partial charge in [-0.15, -0.1) is 0 Å². The molecule has 2 aromatic carbocycles. The Morgan fingerprint density at radius 2 is 1.75 bits per heavy atom. The third-order valence-corrected chi connectivity index (χ3v) is 4.54. The zero-order chi connectivity index (χ0) is 14.8. The first kappa shape index (κ1) is 14.5. The van der Waals surface area contributed by atoms with Crippen molar-refractivity contribution in [2.75, 3.05) is 7.05 Å². The van der Waals surface area contributed by atoms with Crippen LogP contribution in [-0.4, -0.2) is 27.4 Å². The summed E-state index contributed by atoms with van der Waals surface area (Å²) in [6.45, 7) is 1.50. The molecule has 0 unspecified atom stereocenters. The number of nitrogens with one attached hydrogen (secondary N) is 2. The van der Waals surface area contributed by atoms with Gasteiger partial charge in [-0.05, 0) is 29.8 Å². The molecule has 0 aliphatic carbocycles. The number of amides is 1. The highest BCUT2D eigenvalue weighted by Gasteiger charge is 2.21. The Bertz CT molecular complexity index is 741. The molecule has 0 bridgehead atoms. The highest BCUT2D eigenvalue weighted by atomic mass is 32.2. The van der Waals surface area contributed by atoms with Crippen LogP contribution < -0.4 is 10.0 Å². The summed E-state index contributed by atoms with van der Waals surface area (Å²) in [4.78, 5) is 11.5. The van der Waals surface area contributed by atoms with Gasteiger partial charge >= 0.3 is 0 Å². The third kappa shape index (κ3) is 2.97. The molecule has 2 N–H and O–H groups in total. The number of carbonyl (C=O) groups excluding carboxylic acids is 1. The van der Waals surface area contributed by atoms with E-state index in [1.54, 1.807) is 12.1 Å². The average Bonchev–Trinajstić information content (AvgIpc) is 2.45. The fourth-order valence-electron chi connectivity index (χ4n) is 1.91. The second-order valence-corrected chi connectivity index (χ2v) is 6.18. The van der Waals surface area contributed by atoms with Crippen molar-refractivity contribution in [3.05, 3.63) is 42.5 Å². The molecule has 5 nitrogen and oxygen atoms in total. The van der Waals surface area contributed by atoms with E-state index in [1.165, 1.54) is 20.0 Å².